The van der Waals surface area contributed by atoms with Crippen molar-refractivity contribution in [3.63, 3.8) is 0 Å². The van der Waals surface area contributed by atoms with E-state index in [1.807, 2.05) is 13.8 Å². The number of thioether (sulfide) groups is 1. The second-order valence-corrected chi connectivity index (χ2v) is 7.91. The van der Waals surface area contributed by atoms with E-state index in [4.69, 9.17) is 0 Å². The van der Waals surface area contributed by atoms with Crippen molar-refractivity contribution in [1.29, 1.82) is 0 Å². The van der Waals surface area contributed by atoms with Crippen molar-refractivity contribution in [1.82, 2.24) is 20.5 Å². The molecule has 0 spiro atoms. The number of amides is 1. The van der Waals surface area contributed by atoms with Gasteiger partial charge in [-0.2, -0.15) is 0 Å². The van der Waals surface area contributed by atoms with Crippen LogP contribution in [0.3, 0.4) is 0 Å². The van der Waals surface area contributed by atoms with Gasteiger partial charge in [0.25, 0.3) is 0 Å². The van der Waals surface area contributed by atoms with Gasteiger partial charge in [-0.15, -0.1) is 5.10 Å². The third kappa shape index (κ3) is 3.25. The Balaban J connectivity index is 1.51. The number of rotatable bonds is 5. The van der Waals surface area contributed by atoms with Gasteiger partial charge >= 0.3 is 0 Å². The van der Waals surface area contributed by atoms with Gasteiger partial charge in [0.05, 0.1) is 5.25 Å². The summed E-state index contributed by atoms with van der Waals surface area (Å²) in [6, 6.07) is 0.282. The molecule has 0 saturated heterocycles. The molecule has 2 N–H and O–H groups in total. The summed E-state index contributed by atoms with van der Waals surface area (Å²) < 4.78 is 0. The van der Waals surface area contributed by atoms with Gasteiger partial charge in [-0.1, -0.05) is 18.2 Å². The molecule has 2 aliphatic rings. The normalized spacial score (nSPS) is 30.3. The van der Waals surface area contributed by atoms with Crippen LogP contribution in [0.4, 0.5) is 0 Å². The summed E-state index contributed by atoms with van der Waals surface area (Å²) in [4.78, 5) is 16.6. The van der Waals surface area contributed by atoms with Gasteiger partial charge in [-0.05, 0) is 57.8 Å². The molecule has 5 nitrogen and oxygen atoms in total. The van der Waals surface area contributed by atoms with Crippen LogP contribution in [-0.4, -0.2) is 32.4 Å². The maximum Gasteiger partial charge on any atom is 0.233 e. The van der Waals surface area contributed by atoms with E-state index >= 15 is 0 Å². The van der Waals surface area contributed by atoms with Crippen molar-refractivity contribution in [2.75, 3.05) is 0 Å². The fraction of sp³-hybridized carbons (Fsp3) is 0.800. The second-order valence-electron chi connectivity index (χ2n) is 6.60. The summed E-state index contributed by atoms with van der Waals surface area (Å²) in [5.41, 5.74) is 0. The highest BCUT2D eigenvalue weighted by Crippen LogP contribution is 2.49. The molecule has 1 aromatic rings. The number of aromatic amines is 1. The van der Waals surface area contributed by atoms with Crippen molar-refractivity contribution in [3.05, 3.63) is 5.82 Å². The van der Waals surface area contributed by atoms with E-state index in [9.17, 15) is 4.79 Å². The molecule has 0 aromatic carbocycles. The monoisotopic (exact) mass is 308 g/mol. The van der Waals surface area contributed by atoms with Crippen LogP contribution in [0.5, 0.6) is 0 Å². The Morgan fingerprint density at radius 2 is 2.19 bits per heavy atom. The number of aromatic nitrogens is 3. The lowest BCUT2D eigenvalue weighted by Gasteiger charge is -2.29. The maximum absolute atomic E-state index is 12.3. The molecule has 1 amide bonds. The Kier molecular flexibility index (Phi) is 4.24. The highest BCUT2D eigenvalue weighted by atomic mass is 32.2. The fourth-order valence-electron chi connectivity index (χ4n) is 3.94. The predicted molar refractivity (Wildman–Crippen MR) is 83.0 cm³/mol. The van der Waals surface area contributed by atoms with Crippen LogP contribution in [0.25, 0.3) is 0 Å². The maximum atomic E-state index is 12.3. The minimum absolute atomic E-state index is 0.0951. The van der Waals surface area contributed by atoms with Crippen LogP contribution in [0.15, 0.2) is 5.16 Å². The summed E-state index contributed by atoms with van der Waals surface area (Å²) >= 11 is 1.41. The molecule has 6 heteroatoms. The average molecular weight is 308 g/mol. The summed E-state index contributed by atoms with van der Waals surface area (Å²) in [7, 11) is 0. The molecule has 2 fully saturated rings. The summed E-state index contributed by atoms with van der Waals surface area (Å²) in [6.45, 7) is 5.94. The molecule has 0 aliphatic heterocycles. The molecule has 5 atom stereocenters. The molecule has 116 valence electrons. The third-order valence-electron chi connectivity index (χ3n) is 5.03. The lowest BCUT2D eigenvalue weighted by atomic mass is 9.84. The standard InChI is InChI=1S/C15H24N4OS/c1-8(13-7-11-4-5-12(13)6-11)16-14(20)9(2)21-15-17-10(3)18-19-15/h8-9,11-13H,4-7H2,1-3H3,(H,16,20)(H,17,18,19). The fourth-order valence-corrected chi connectivity index (χ4v) is 4.72. The van der Waals surface area contributed by atoms with Gasteiger partial charge in [0.2, 0.25) is 11.1 Å². The van der Waals surface area contributed by atoms with Crippen LogP contribution in [0.2, 0.25) is 0 Å². The van der Waals surface area contributed by atoms with Gasteiger partial charge in [-0.3, -0.25) is 9.89 Å². The van der Waals surface area contributed by atoms with Crippen molar-refractivity contribution >= 4 is 17.7 Å². The lowest BCUT2D eigenvalue weighted by molar-refractivity contribution is -0.121. The van der Waals surface area contributed by atoms with E-state index in [0.717, 1.165) is 17.7 Å². The number of hydrogen-bond acceptors (Lipinski definition) is 4. The molecule has 2 aliphatic carbocycles. The van der Waals surface area contributed by atoms with Crippen LogP contribution in [-0.2, 0) is 4.79 Å². The molecule has 2 saturated carbocycles. The van der Waals surface area contributed by atoms with Crippen molar-refractivity contribution in [2.45, 2.75) is 62.9 Å². The first-order valence-corrected chi connectivity index (χ1v) is 8.77. The van der Waals surface area contributed by atoms with Crippen LogP contribution < -0.4 is 5.32 Å². The number of carbonyl (C=O) groups excluding carboxylic acids is 1. The Morgan fingerprint density at radius 1 is 1.38 bits per heavy atom. The van der Waals surface area contributed by atoms with Crippen molar-refractivity contribution < 1.29 is 4.79 Å². The molecule has 1 heterocycles. The van der Waals surface area contributed by atoms with Gasteiger partial charge in [0, 0.05) is 6.04 Å². The zero-order valence-corrected chi connectivity index (χ0v) is 13.7. The molecule has 1 aromatic heterocycles. The van der Waals surface area contributed by atoms with Crippen molar-refractivity contribution in [2.24, 2.45) is 17.8 Å². The van der Waals surface area contributed by atoms with Gasteiger partial charge in [-0.25, -0.2) is 4.98 Å². The molecule has 0 radical (unpaired) electrons. The Labute approximate surface area is 130 Å². The van der Waals surface area contributed by atoms with Gasteiger partial charge in [0.15, 0.2) is 0 Å². The summed E-state index contributed by atoms with van der Waals surface area (Å²) in [5, 5.41) is 10.6. The quantitative estimate of drug-likeness (QED) is 0.820. The summed E-state index contributed by atoms with van der Waals surface area (Å²) in [6.07, 6.45) is 5.44. The van der Waals surface area contributed by atoms with E-state index in [-0.39, 0.29) is 17.2 Å². The van der Waals surface area contributed by atoms with Crippen LogP contribution >= 0.6 is 11.8 Å². The van der Waals surface area contributed by atoms with Crippen LogP contribution in [0, 0.1) is 24.7 Å². The first-order valence-electron chi connectivity index (χ1n) is 7.89. The highest BCUT2D eigenvalue weighted by Gasteiger charge is 2.42. The molecule has 2 bridgehead atoms. The topological polar surface area (TPSA) is 70.7 Å². The Bertz CT molecular complexity index is 518. The minimum Gasteiger partial charge on any atom is -0.352 e. The molecule has 5 unspecified atom stereocenters. The van der Waals surface area contributed by atoms with E-state index in [1.54, 1.807) is 0 Å². The van der Waals surface area contributed by atoms with E-state index in [1.165, 1.54) is 37.4 Å². The number of nitrogens with zero attached hydrogens (tertiary/aromatic N) is 2. The zero-order valence-electron chi connectivity index (χ0n) is 12.9. The third-order valence-corrected chi connectivity index (χ3v) is 5.99. The molecule has 3 rings (SSSR count). The van der Waals surface area contributed by atoms with E-state index in [2.05, 4.69) is 27.4 Å². The number of carbonyl (C=O) groups is 1. The highest BCUT2D eigenvalue weighted by molar-refractivity contribution is 8.00. The smallest absolute Gasteiger partial charge is 0.233 e. The molecular formula is C15H24N4OS. The zero-order chi connectivity index (χ0) is 15.0. The largest absolute Gasteiger partial charge is 0.352 e. The van der Waals surface area contributed by atoms with Crippen molar-refractivity contribution in [3.8, 4) is 0 Å². The minimum atomic E-state index is -0.166. The number of nitrogens with one attached hydrogen (secondary N) is 2. The van der Waals surface area contributed by atoms with Gasteiger partial charge in [0.1, 0.15) is 5.82 Å². The van der Waals surface area contributed by atoms with Gasteiger partial charge < -0.3 is 5.32 Å². The number of aryl methyl sites for hydroxylation is 1. The SMILES string of the molecule is Cc1nc(SC(C)C(=O)NC(C)C2CC3CCC2C3)n[nH]1. The van der Waals surface area contributed by atoms with E-state index < -0.39 is 0 Å². The number of hydrogen-bond donors (Lipinski definition) is 2. The van der Waals surface area contributed by atoms with Crippen LogP contribution in [0.1, 0.15) is 45.4 Å². The molecular weight excluding hydrogens is 284 g/mol. The van der Waals surface area contributed by atoms with E-state index in [0.29, 0.717) is 11.1 Å². The predicted octanol–water partition coefficient (Wildman–Crippen LogP) is 2.53. The average Bonchev–Trinajstić information content (AvgIpc) is 3.15. The Morgan fingerprint density at radius 3 is 2.76 bits per heavy atom. The Hall–Kier alpha value is -1.04. The first-order chi connectivity index (χ1) is 10.0. The number of fused-ring (bicyclic) bond motifs is 2. The first kappa shape index (κ1) is 14.9. The number of H-pyrrole nitrogens is 1. The second kappa shape index (κ2) is 5.99. The summed E-state index contributed by atoms with van der Waals surface area (Å²) in [5.74, 6) is 3.31. The lowest BCUT2D eigenvalue weighted by Crippen LogP contribution is -2.43. The molecule has 21 heavy (non-hydrogen) atoms.